The molecule has 150 valence electrons. The van der Waals surface area contributed by atoms with Gasteiger partial charge < -0.3 is 14.9 Å². The highest BCUT2D eigenvalue weighted by Crippen LogP contribution is 2.22. The van der Waals surface area contributed by atoms with Gasteiger partial charge in [0.1, 0.15) is 6.61 Å². The molecule has 0 saturated carbocycles. The van der Waals surface area contributed by atoms with Gasteiger partial charge in [-0.15, -0.1) is 5.10 Å². The van der Waals surface area contributed by atoms with E-state index in [1.54, 1.807) is 0 Å². The molecule has 0 radical (unpaired) electrons. The van der Waals surface area contributed by atoms with Crippen LogP contribution in [0, 0.1) is 0 Å². The minimum absolute atomic E-state index is 0.558. The predicted molar refractivity (Wildman–Crippen MR) is 105 cm³/mol. The van der Waals surface area contributed by atoms with E-state index in [0.29, 0.717) is 24.6 Å². The van der Waals surface area contributed by atoms with Gasteiger partial charge in [0.2, 0.25) is 5.88 Å². The summed E-state index contributed by atoms with van der Waals surface area (Å²) < 4.78 is 5.68. The molecular weight excluding hydrogens is 386 g/mol. The molecule has 1 fully saturated rings. The van der Waals surface area contributed by atoms with Gasteiger partial charge in [-0.2, -0.15) is 0 Å². The van der Waals surface area contributed by atoms with Crippen molar-refractivity contribution in [3.63, 3.8) is 0 Å². The van der Waals surface area contributed by atoms with Gasteiger partial charge >= 0.3 is 11.9 Å². The van der Waals surface area contributed by atoms with Crippen molar-refractivity contribution in [1.82, 2.24) is 15.1 Å². The Bertz CT molecular complexity index is 782. The molecule has 1 aromatic carbocycles. The summed E-state index contributed by atoms with van der Waals surface area (Å²) in [6, 6.07) is 9.58. The fraction of sp³-hybridized carbons (Fsp3) is 0.316. The Labute approximate surface area is 167 Å². The number of hydrogen-bond acceptors (Lipinski definition) is 5. The average Bonchev–Trinajstić information content (AvgIpc) is 3.33. The molecule has 0 amide bonds. The standard InChI is InChI=1S/C15H18ClN3O.C4H4O4/c16-13-5-3-12(4-6-13)14-11-15(18-17-14)20-10-9-19-7-1-2-8-19;5-3(6)1-2-4(7)8/h3-6,11H,1-2,7-10H2,(H,17,18);1-2H,(H,5,6)(H,7,8)/b;2-1+. The molecule has 0 aliphatic carbocycles. The third-order valence-corrected chi connectivity index (χ3v) is 4.19. The number of rotatable bonds is 7. The van der Waals surface area contributed by atoms with Crippen LogP contribution in [0.15, 0.2) is 42.5 Å². The van der Waals surface area contributed by atoms with E-state index in [1.165, 1.54) is 25.9 Å². The molecular formula is C19H22ClN3O5. The van der Waals surface area contributed by atoms with Crippen molar-refractivity contribution in [3.05, 3.63) is 47.5 Å². The van der Waals surface area contributed by atoms with Crippen LogP contribution in [0.25, 0.3) is 11.3 Å². The Hall–Kier alpha value is -2.84. The van der Waals surface area contributed by atoms with Gasteiger partial charge in [0.25, 0.3) is 0 Å². The zero-order chi connectivity index (χ0) is 20.4. The second-order valence-corrected chi connectivity index (χ2v) is 6.47. The van der Waals surface area contributed by atoms with Crippen LogP contribution in [0.4, 0.5) is 0 Å². The summed E-state index contributed by atoms with van der Waals surface area (Å²) in [5.41, 5.74) is 1.99. The van der Waals surface area contributed by atoms with E-state index in [2.05, 4.69) is 15.1 Å². The van der Waals surface area contributed by atoms with E-state index in [0.717, 1.165) is 22.8 Å². The van der Waals surface area contributed by atoms with Crippen molar-refractivity contribution < 1.29 is 24.5 Å². The molecule has 28 heavy (non-hydrogen) atoms. The van der Waals surface area contributed by atoms with Crippen molar-refractivity contribution >= 4 is 23.5 Å². The first-order valence-electron chi connectivity index (χ1n) is 8.74. The molecule has 2 heterocycles. The second-order valence-electron chi connectivity index (χ2n) is 6.03. The molecule has 0 atom stereocenters. The number of benzene rings is 1. The average molecular weight is 408 g/mol. The van der Waals surface area contributed by atoms with E-state index >= 15 is 0 Å². The lowest BCUT2D eigenvalue weighted by Crippen LogP contribution is -2.25. The normalized spacial score (nSPS) is 13.9. The molecule has 0 unspecified atom stereocenters. The molecule has 1 aliphatic heterocycles. The van der Waals surface area contributed by atoms with Crippen molar-refractivity contribution in [2.75, 3.05) is 26.2 Å². The van der Waals surface area contributed by atoms with Crippen molar-refractivity contribution in [3.8, 4) is 17.1 Å². The maximum Gasteiger partial charge on any atom is 0.328 e. The molecule has 9 heteroatoms. The van der Waals surface area contributed by atoms with Crippen LogP contribution in [-0.4, -0.2) is 63.5 Å². The van der Waals surface area contributed by atoms with Gasteiger partial charge in [0.15, 0.2) is 0 Å². The van der Waals surface area contributed by atoms with Crippen LogP contribution in [0.3, 0.4) is 0 Å². The van der Waals surface area contributed by atoms with Crippen LogP contribution >= 0.6 is 11.6 Å². The molecule has 2 aromatic rings. The van der Waals surface area contributed by atoms with E-state index < -0.39 is 11.9 Å². The fourth-order valence-corrected chi connectivity index (χ4v) is 2.71. The second kappa shape index (κ2) is 11.1. The van der Waals surface area contributed by atoms with Crippen LogP contribution < -0.4 is 4.74 Å². The maximum atomic E-state index is 9.55. The summed E-state index contributed by atoms with van der Waals surface area (Å²) in [7, 11) is 0. The predicted octanol–water partition coefficient (Wildman–Crippen LogP) is 2.92. The number of H-pyrrole nitrogens is 1. The lowest BCUT2D eigenvalue weighted by atomic mass is 10.2. The number of carboxylic acid groups (broad SMARTS) is 2. The van der Waals surface area contributed by atoms with E-state index in [-0.39, 0.29) is 0 Å². The highest BCUT2D eigenvalue weighted by atomic mass is 35.5. The summed E-state index contributed by atoms with van der Waals surface area (Å²) in [5.74, 6) is -1.87. The highest BCUT2D eigenvalue weighted by Gasteiger charge is 2.11. The van der Waals surface area contributed by atoms with Crippen LogP contribution in [0.1, 0.15) is 12.8 Å². The lowest BCUT2D eigenvalue weighted by molar-refractivity contribution is -0.134. The third kappa shape index (κ3) is 7.81. The Kier molecular flexibility index (Phi) is 8.51. The minimum atomic E-state index is -1.26. The van der Waals surface area contributed by atoms with Gasteiger partial charge in [-0.3, -0.25) is 10.00 Å². The van der Waals surface area contributed by atoms with Crippen LogP contribution in [-0.2, 0) is 9.59 Å². The maximum absolute atomic E-state index is 9.55. The number of carboxylic acids is 2. The number of aromatic nitrogens is 2. The Morgan fingerprint density at radius 2 is 1.75 bits per heavy atom. The lowest BCUT2D eigenvalue weighted by Gasteiger charge is -2.13. The first-order chi connectivity index (χ1) is 13.4. The first kappa shape index (κ1) is 21.5. The molecule has 0 spiro atoms. The van der Waals surface area contributed by atoms with Crippen LogP contribution in [0.2, 0.25) is 5.02 Å². The zero-order valence-corrected chi connectivity index (χ0v) is 15.9. The highest BCUT2D eigenvalue weighted by molar-refractivity contribution is 6.30. The molecule has 8 nitrogen and oxygen atoms in total. The van der Waals surface area contributed by atoms with E-state index in [4.69, 9.17) is 26.6 Å². The minimum Gasteiger partial charge on any atom is -0.478 e. The summed E-state index contributed by atoms with van der Waals surface area (Å²) in [6.07, 6.45) is 3.73. The smallest absolute Gasteiger partial charge is 0.328 e. The number of aliphatic carboxylic acids is 2. The monoisotopic (exact) mass is 407 g/mol. The summed E-state index contributed by atoms with van der Waals surface area (Å²) in [6.45, 7) is 4.05. The molecule has 3 rings (SSSR count). The number of hydrogen-bond donors (Lipinski definition) is 3. The summed E-state index contributed by atoms with van der Waals surface area (Å²) in [4.78, 5) is 21.5. The number of aromatic amines is 1. The van der Waals surface area contributed by atoms with E-state index in [1.807, 2.05) is 30.3 Å². The van der Waals surface area contributed by atoms with Crippen LogP contribution in [0.5, 0.6) is 5.88 Å². The Morgan fingerprint density at radius 3 is 2.32 bits per heavy atom. The molecule has 1 aromatic heterocycles. The number of nitrogens with one attached hydrogen (secondary N) is 1. The molecule has 0 bridgehead atoms. The Balaban J connectivity index is 0.000000300. The molecule has 1 aliphatic rings. The van der Waals surface area contributed by atoms with Gasteiger partial charge in [0, 0.05) is 29.8 Å². The fourth-order valence-electron chi connectivity index (χ4n) is 2.58. The van der Waals surface area contributed by atoms with Gasteiger partial charge in [-0.05, 0) is 43.6 Å². The van der Waals surface area contributed by atoms with Crippen molar-refractivity contribution in [1.29, 1.82) is 0 Å². The van der Waals surface area contributed by atoms with Gasteiger partial charge in [-0.25, -0.2) is 9.59 Å². The van der Waals surface area contributed by atoms with Crippen molar-refractivity contribution in [2.45, 2.75) is 12.8 Å². The molecule has 1 saturated heterocycles. The zero-order valence-electron chi connectivity index (χ0n) is 15.2. The van der Waals surface area contributed by atoms with E-state index in [9.17, 15) is 9.59 Å². The third-order valence-electron chi connectivity index (χ3n) is 3.93. The van der Waals surface area contributed by atoms with Gasteiger partial charge in [-0.1, -0.05) is 23.7 Å². The Morgan fingerprint density at radius 1 is 1.14 bits per heavy atom. The number of halogens is 1. The first-order valence-corrected chi connectivity index (χ1v) is 9.12. The quantitative estimate of drug-likeness (QED) is 0.604. The number of carbonyl (C=O) groups is 2. The number of ether oxygens (including phenoxy) is 1. The SMILES string of the molecule is Clc1ccc(-c2cc(OCCN3CCCC3)n[nH]2)cc1.O=C(O)/C=C/C(=O)O. The summed E-state index contributed by atoms with van der Waals surface area (Å²) in [5, 5.41) is 23.5. The van der Waals surface area contributed by atoms with Crippen molar-refractivity contribution in [2.24, 2.45) is 0 Å². The number of nitrogens with zero attached hydrogens (tertiary/aromatic N) is 2. The number of likely N-dealkylation sites (tertiary alicyclic amines) is 1. The largest absolute Gasteiger partial charge is 0.478 e. The summed E-state index contributed by atoms with van der Waals surface area (Å²) >= 11 is 5.88. The topological polar surface area (TPSA) is 116 Å². The van der Waals surface area contributed by atoms with Gasteiger partial charge in [0.05, 0.1) is 5.69 Å². The molecule has 3 N–H and O–H groups in total.